The third-order valence-electron chi connectivity index (χ3n) is 3.04. The third-order valence-corrected chi connectivity index (χ3v) is 3.04. The van der Waals surface area contributed by atoms with Gasteiger partial charge in [0.25, 0.3) is 0 Å². The summed E-state index contributed by atoms with van der Waals surface area (Å²) in [5.41, 5.74) is 0. The number of hydrogen-bond donors (Lipinski definition) is 1. The van der Waals surface area contributed by atoms with Crippen LogP contribution in [0.1, 0.15) is 0 Å². The molecule has 2 heterocycles. The summed E-state index contributed by atoms with van der Waals surface area (Å²) in [4.78, 5) is 4.76. The van der Waals surface area contributed by atoms with E-state index in [0.29, 0.717) is 0 Å². The molecule has 0 amide bonds. The lowest BCUT2D eigenvalue weighted by Gasteiger charge is -2.25. The number of hydrogen-bond acceptors (Lipinski definition) is 4. The lowest BCUT2D eigenvalue weighted by Crippen LogP contribution is -2.43. The largest absolute Gasteiger partial charge is 0.379 e. The second kappa shape index (κ2) is 10.9. The minimum atomic E-state index is 0. The Bertz CT molecular complexity index is 232. The first kappa shape index (κ1) is 18.0. The van der Waals surface area contributed by atoms with Crippen molar-refractivity contribution < 1.29 is 4.74 Å². The van der Waals surface area contributed by atoms with Crippen LogP contribution in [0.5, 0.6) is 0 Å². The molecule has 0 saturated carbocycles. The normalized spacial score (nSPS) is 21.1. The number of nitrogens with zero attached hydrogens (tertiary/aromatic N) is 2. The van der Waals surface area contributed by atoms with Crippen LogP contribution in [0.4, 0.5) is 0 Å². The fraction of sp³-hybridized carbons (Fsp3) is 0.833. The van der Waals surface area contributed by atoms with E-state index in [2.05, 4.69) is 27.0 Å². The first-order valence-corrected chi connectivity index (χ1v) is 6.14. The fourth-order valence-corrected chi connectivity index (χ4v) is 1.96. The molecule has 0 atom stereocenters. The van der Waals surface area contributed by atoms with Crippen molar-refractivity contribution >= 4 is 24.8 Å². The zero-order chi connectivity index (χ0) is 11.1. The molecule has 0 radical (unpaired) electrons. The molecule has 2 aliphatic rings. The molecule has 2 fully saturated rings. The molecule has 106 valence electrons. The van der Waals surface area contributed by atoms with E-state index in [1.54, 1.807) is 0 Å². The number of ether oxygens (including phenoxy) is 1. The summed E-state index contributed by atoms with van der Waals surface area (Å²) in [5, 5.41) is 3.34. The van der Waals surface area contributed by atoms with E-state index in [1.807, 2.05) is 0 Å². The maximum Gasteiger partial charge on any atom is 0.0603 e. The van der Waals surface area contributed by atoms with Gasteiger partial charge in [-0.3, -0.25) is 9.80 Å². The Morgan fingerprint density at radius 2 is 1.33 bits per heavy atom. The maximum atomic E-state index is 5.30. The van der Waals surface area contributed by atoms with E-state index in [-0.39, 0.29) is 24.8 Å². The Labute approximate surface area is 122 Å². The maximum absolute atomic E-state index is 5.30. The predicted octanol–water partition coefficient (Wildman–Crippen LogP) is 0.0708. The lowest BCUT2D eigenvalue weighted by atomic mass is 10.3. The van der Waals surface area contributed by atoms with Crippen molar-refractivity contribution in [3.05, 3.63) is 0 Å². The summed E-state index contributed by atoms with van der Waals surface area (Å²) in [7, 11) is 0. The number of morpholine rings is 1. The van der Waals surface area contributed by atoms with E-state index in [0.717, 1.165) is 65.6 Å². The van der Waals surface area contributed by atoms with E-state index < -0.39 is 0 Å². The van der Waals surface area contributed by atoms with Crippen molar-refractivity contribution in [1.82, 2.24) is 15.1 Å². The highest BCUT2D eigenvalue weighted by atomic mass is 35.5. The van der Waals surface area contributed by atoms with Gasteiger partial charge in [0.15, 0.2) is 0 Å². The quantitative estimate of drug-likeness (QED) is 0.730. The van der Waals surface area contributed by atoms with Crippen LogP contribution in [-0.2, 0) is 4.74 Å². The van der Waals surface area contributed by atoms with Crippen LogP contribution in [-0.4, -0.2) is 75.4 Å². The van der Waals surface area contributed by atoms with Gasteiger partial charge in [0.05, 0.1) is 26.3 Å². The molecule has 2 aliphatic heterocycles. The average Bonchev–Trinajstić information content (AvgIpc) is 2.37. The molecule has 18 heavy (non-hydrogen) atoms. The van der Waals surface area contributed by atoms with Gasteiger partial charge >= 0.3 is 0 Å². The second-order valence-corrected chi connectivity index (χ2v) is 4.27. The van der Waals surface area contributed by atoms with Crippen molar-refractivity contribution in [2.75, 3.05) is 65.6 Å². The van der Waals surface area contributed by atoms with Crippen LogP contribution in [0.25, 0.3) is 0 Å². The topological polar surface area (TPSA) is 27.7 Å². The smallest absolute Gasteiger partial charge is 0.0603 e. The second-order valence-electron chi connectivity index (χ2n) is 4.27. The lowest BCUT2D eigenvalue weighted by molar-refractivity contribution is 0.0443. The third kappa shape index (κ3) is 6.79. The summed E-state index contributed by atoms with van der Waals surface area (Å²) in [5.74, 6) is 6.53. The number of rotatable bonds is 2. The molecular weight excluding hydrogens is 273 g/mol. The van der Waals surface area contributed by atoms with Gasteiger partial charge in [-0.25, -0.2) is 0 Å². The molecule has 0 aromatic carbocycles. The van der Waals surface area contributed by atoms with Crippen LogP contribution in [0.15, 0.2) is 0 Å². The minimum Gasteiger partial charge on any atom is -0.379 e. The van der Waals surface area contributed by atoms with Crippen molar-refractivity contribution in [2.45, 2.75) is 0 Å². The standard InChI is InChI=1S/C12H21N3O.2ClH/c1(5-14-7-3-13-4-8-14)2-6-15-9-11-16-12-10-15;;/h13H,3-12H2;2*1H. The molecule has 0 bridgehead atoms. The van der Waals surface area contributed by atoms with Gasteiger partial charge in [-0.2, -0.15) is 0 Å². The molecule has 4 nitrogen and oxygen atoms in total. The number of halogens is 2. The Hall–Kier alpha value is -0.0200. The zero-order valence-corrected chi connectivity index (χ0v) is 12.3. The van der Waals surface area contributed by atoms with Crippen LogP contribution in [0.2, 0.25) is 0 Å². The summed E-state index contributed by atoms with van der Waals surface area (Å²) in [6.07, 6.45) is 0. The van der Waals surface area contributed by atoms with Gasteiger partial charge in [0.2, 0.25) is 0 Å². The van der Waals surface area contributed by atoms with Crippen LogP contribution >= 0.6 is 24.8 Å². The van der Waals surface area contributed by atoms with Crippen LogP contribution in [0, 0.1) is 11.8 Å². The molecule has 2 rings (SSSR count). The van der Waals surface area contributed by atoms with E-state index >= 15 is 0 Å². The van der Waals surface area contributed by atoms with E-state index in [9.17, 15) is 0 Å². The van der Waals surface area contributed by atoms with E-state index in [4.69, 9.17) is 4.74 Å². The molecule has 0 aliphatic carbocycles. The van der Waals surface area contributed by atoms with Gasteiger partial charge in [0, 0.05) is 39.3 Å². The highest BCUT2D eigenvalue weighted by molar-refractivity contribution is 5.85. The average molecular weight is 296 g/mol. The van der Waals surface area contributed by atoms with Crippen molar-refractivity contribution in [3.8, 4) is 11.8 Å². The first-order chi connectivity index (χ1) is 7.95. The molecule has 0 unspecified atom stereocenters. The summed E-state index contributed by atoms with van der Waals surface area (Å²) in [6, 6.07) is 0. The van der Waals surface area contributed by atoms with Crippen molar-refractivity contribution in [2.24, 2.45) is 0 Å². The Morgan fingerprint density at radius 1 is 0.833 bits per heavy atom. The summed E-state index contributed by atoms with van der Waals surface area (Å²) in [6.45, 7) is 10.1. The molecule has 0 aromatic rings. The minimum absolute atomic E-state index is 0. The van der Waals surface area contributed by atoms with Crippen molar-refractivity contribution in [1.29, 1.82) is 0 Å². The Balaban J connectivity index is 0.00000144. The van der Waals surface area contributed by atoms with Crippen LogP contribution in [0.3, 0.4) is 0 Å². The van der Waals surface area contributed by atoms with Gasteiger partial charge in [-0.15, -0.1) is 24.8 Å². The molecule has 0 aromatic heterocycles. The summed E-state index contributed by atoms with van der Waals surface area (Å²) >= 11 is 0. The SMILES string of the molecule is C(#CCN1CCOCC1)CN1CCNCC1.Cl.Cl. The molecule has 6 heteroatoms. The fourth-order valence-electron chi connectivity index (χ4n) is 1.96. The van der Waals surface area contributed by atoms with Crippen LogP contribution < -0.4 is 5.32 Å². The highest BCUT2D eigenvalue weighted by Crippen LogP contribution is 1.94. The Kier molecular flexibility index (Phi) is 10.8. The van der Waals surface area contributed by atoms with Gasteiger partial charge in [-0.05, 0) is 0 Å². The summed E-state index contributed by atoms with van der Waals surface area (Å²) < 4.78 is 5.30. The molecule has 2 saturated heterocycles. The predicted molar refractivity (Wildman–Crippen MR) is 78.8 cm³/mol. The monoisotopic (exact) mass is 295 g/mol. The molecular formula is C12H23Cl2N3O. The van der Waals surface area contributed by atoms with Gasteiger partial charge in [0.1, 0.15) is 0 Å². The van der Waals surface area contributed by atoms with Crippen molar-refractivity contribution in [3.63, 3.8) is 0 Å². The molecule has 1 N–H and O–H groups in total. The van der Waals surface area contributed by atoms with Gasteiger partial charge in [-0.1, -0.05) is 11.8 Å². The van der Waals surface area contributed by atoms with Gasteiger partial charge < -0.3 is 10.1 Å². The zero-order valence-electron chi connectivity index (χ0n) is 10.7. The number of piperazine rings is 1. The Morgan fingerprint density at radius 3 is 1.89 bits per heavy atom. The number of nitrogens with one attached hydrogen (secondary N) is 1. The van der Waals surface area contributed by atoms with E-state index in [1.165, 1.54) is 0 Å². The highest BCUT2D eigenvalue weighted by Gasteiger charge is 2.08. The first-order valence-electron chi connectivity index (χ1n) is 6.14. The molecule has 0 spiro atoms.